The number of carbonyl (C=O) groups excluding carboxylic acids is 1. The van der Waals surface area contributed by atoms with Crippen LogP contribution in [0.5, 0.6) is 0 Å². The molecular formula is C18H20ClF3N4O2. The van der Waals surface area contributed by atoms with Crippen molar-refractivity contribution in [1.82, 2.24) is 15.1 Å². The average molecular weight is 417 g/mol. The van der Waals surface area contributed by atoms with E-state index in [-0.39, 0.29) is 28.8 Å². The van der Waals surface area contributed by atoms with Crippen molar-refractivity contribution in [1.29, 1.82) is 0 Å². The van der Waals surface area contributed by atoms with Crippen molar-refractivity contribution in [3.8, 4) is 5.69 Å². The number of carbonyl (C=O) groups is 1. The van der Waals surface area contributed by atoms with Crippen molar-refractivity contribution in [2.75, 3.05) is 18.4 Å². The first-order valence-corrected chi connectivity index (χ1v) is 8.76. The number of hydrogen-bond donors (Lipinski definition) is 2. The van der Waals surface area contributed by atoms with Gasteiger partial charge in [0, 0.05) is 18.5 Å². The van der Waals surface area contributed by atoms with E-state index in [0.717, 1.165) is 16.8 Å². The highest BCUT2D eigenvalue weighted by molar-refractivity contribution is 6.32. The van der Waals surface area contributed by atoms with Crippen LogP contribution in [0.25, 0.3) is 5.69 Å². The number of amides is 1. The first kappa shape index (κ1) is 21.7. The van der Waals surface area contributed by atoms with Crippen molar-refractivity contribution in [3.63, 3.8) is 0 Å². The molecule has 0 spiro atoms. The van der Waals surface area contributed by atoms with E-state index in [9.17, 15) is 22.8 Å². The van der Waals surface area contributed by atoms with Crippen molar-refractivity contribution in [2.24, 2.45) is 5.41 Å². The molecule has 0 saturated heterocycles. The van der Waals surface area contributed by atoms with E-state index >= 15 is 0 Å². The zero-order valence-electron chi connectivity index (χ0n) is 15.5. The molecule has 0 aliphatic carbocycles. The molecule has 152 valence electrons. The number of halogens is 4. The maximum Gasteiger partial charge on any atom is 0.416 e. The first-order chi connectivity index (χ1) is 12.9. The van der Waals surface area contributed by atoms with Gasteiger partial charge in [-0.15, -0.1) is 0 Å². The van der Waals surface area contributed by atoms with Crippen LogP contribution in [0.1, 0.15) is 26.3 Å². The lowest BCUT2D eigenvalue weighted by molar-refractivity contribution is -0.137. The van der Waals surface area contributed by atoms with Gasteiger partial charge in [-0.25, -0.2) is 0 Å². The Bertz CT molecular complexity index is 920. The number of alkyl halides is 3. The Kier molecular flexibility index (Phi) is 6.38. The third kappa shape index (κ3) is 5.25. The second-order valence-electron chi connectivity index (χ2n) is 7.07. The summed E-state index contributed by atoms with van der Waals surface area (Å²) in [6.07, 6.45) is -3.29. The third-order valence-corrected chi connectivity index (χ3v) is 4.11. The SMILES string of the molecule is CC(C)(C)C(=O)NCCNc1cnn(-c2cccc(C(F)(F)F)c2)c(=O)c1Cl. The molecule has 1 aromatic heterocycles. The summed E-state index contributed by atoms with van der Waals surface area (Å²) in [5, 5.41) is 9.28. The molecular weight excluding hydrogens is 397 g/mol. The van der Waals surface area contributed by atoms with Gasteiger partial charge in [-0.3, -0.25) is 9.59 Å². The van der Waals surface area contributed by atoms with Gasteiger partial charge in [0.15, 0.2) is 0 Å². The van der Waals surface area contributed by atoms with E-state index in [0.29, 0.717) is 6.54 Å². The zero-order valence-corrected chi connectivity index (χ0v) is 16.3. The third-order valence-electron chi connectivity index (χ3n) is 3.74. The van der Waals surface area contributed by atoms with Crippen LogP contribution in [-0.2, 0) is 11.0 Å². The highest BCUT2D eigenvalue weighted by Gasteiger charge is 2.30. The molecule has 0 bridgehead atoms. The summed E-state index contributed by atoms with van der Waals surface area (Å²) in [6, 6.07) is 4.23. The summed E-state index contributed by atoms with van der Waals surface area (Å²) in [5.74, 6) is -0.126. The van der Waals surface area contributed by atoms with E-state index in [2.05, 4.69) is 15.7 Å². The van der Waals surface area contributed by atoms with Gasteiger partial charge in [0.2, 0.25) is 5.91 Å². The van der Waals surface area contributed by atoms with Gasteiger partial charge in [0.1, 0.15) is 5.02 Å². The van der Waals surface area contributed by atoms with Crippen molar-refractivity contribution < 1.29 is 18.0 Å². The van der Waals surface area contributed by atoms with Crippen molar-refractivity contribution in [3.05, 3.63) is 51.4 Å². The van der Waals surface area contributed by atoms with E-state index in [1.54, 1.807) is 20.8 Å². The largest absolute Gasteiger partial charge is 0.416 e. The maximum atomic E-state index is 12.9. The molecule has 0 fully saturated rings. The van der Waals surface area contributed by atoms with Gasteiger partial charge in [-0.05, 0) is 18.2 Å². The number of hydrogen-bond acceptors (Lipinski definition) is 4. The second-order valence-corrected chi connectivity index (χ2v) is 7.45. The number of anilines is 1. The van der Waals surface area contributed by atoms with Gasteiger partial charge in [0.25, 0.3) is 5.56 Å². The molecule has 10 heteroatoms. The standard InChI is InChI=1S/C18H20ClF3N4O2/c1-17(2,3)16(28)24-8-7-23-13-10-25-26(15(27)14(13)19)12-6-4-5-11(9-12)18(20,21)22/h4-6,9-10,23H,7-8H2,1-3H3,(H,24,28). The number of aromatic nitrogens is 2. The molecule has 2 aromatic rings. The molecule has 0 unspecified atom stereocenters. The fraction of sp³-hybridized carbons (Fsp3) is 0.389. The summed E-state index contributed by atoms with van der Waals surface area (Å²) < 4.78 is 39.4. The van der Waals surface area contributed by atoms with Crippen LogP contribution in [0.4, 0.5) is 18.9 Å². The quantitative estimate of drug-likeness (QED) is 0.732. The molecule has 6 nitrogen and oxygen atoms in total. The Morgan fingerprint density at radius 1 is 1.21 bits per heavy atom. The summed E-state index contributed by atoms with van der Waals surface area (Å²) in [5.41, 5.74) is -2.01. The fourth-order valence-corrected chi connectivity index (χ4v) is 2.39. The number of nitrogens with one attached hydrogen (secondary N) is 2. The molecule has 0 aliphatic heterocycles. The van der Waals surface area contributed by atoms with Crippen LogP contribution >= 0.6 is 11.6 Å². The van der Waals surface area contributed by atoms with Crippen LogP contribution in [0.3, 0.4) is 0 Å². The monoisotopic (exact) mass is 416 g/mol. The van der Waals surface area contributed by atoms with Crippen LogP contribution in [0.15, 0.2) is 35.3 Å². The van der Waals surface area contributed by atoms with Crippen LogP contribution in [-0.4, -0.2) is 28.8 Å². The van der Waals surface area contributed by atoms with Crippen LogP contribution < -0.4 is 16.2 Å². The van der Waals surface area contributed by atoms with E-state index < -0.39 is 22.7 Å². The first-order valence-electron chi connectivity index (χ1n) is 8.39. The van der Waals surface area contributed by atoms with Gasteiger partial charge in [0.05, 0.1) is 23.1 Å². The zero-order chi connectivity index (χ0) is 21.1. The lowest BCUT2D eigenvalue weighted by Gasteiger charge is -2.18. The molecule has 1 heterocycles. The highest BCUT2D eigenvalue weighted by atomic mass is 35.5. The lowest BCUT2D eigenvalue weighted by atomic mass is 9.96. The Morgan fingerprint density at radius 2 is 1.89 bits per heavy atom. The van der Waals surface area contributed by atoms with Gasteiger partial charge in [-0.2, -0.15) is 23.0 Å². The predicted molar refractivity (Wildman–Crippen MR) is 101 cm³/mol. The highest BCUT2D eigenvalue weighted by Crippen LogP contribution is 2.30. The molecule has 0 saturated carbocycles. The predicted octanol–water partition coefficient (Wildman–Crippen LogP) is 3.48. The number of nitrogens with zero attached hydrogens (tertiary/aromatic N) is 2. The summed E-state index contributed by atoms with van der Waals surface area (Å²) in [6.45, 7) is 5.93. The molecule has 0 atom stereocenters. The van der Waals surface area contributed by atoms with Gasteiger partial charge < -0.3 is 10.6 Å². The molecule has 0 radical (unpaired) electrons. The Balaban J connectivity index is 2.14. The Labute approximate surface area is 164 Å². The molecule has 28 heavy (non-hydrogen) atoms. The van der Waals surface area contributed by atoms with Crippen molar-refractivity contribution in [2.45, 2.75) is 26.9 Å². The molecule has 2 rings (SSSR count). The summed E-state index contributed by atoms with van der Waals surface area (Å²) in [7, 11) is 0. The normalized spacial score (nSPS) is 12.0. The van der Waals surface area contributed by atoms with Crippen molar-refractivity contribution >= 4 is 23.2 Å². The average Bonchev–Trinajstić information content (AvgIpc) is 2.60. The van der Waals surface area contributed by atoms with Gasteiger partial charge >= 0.3 is 6.18 Å². The lowest BCUT2D eigenvalue weighted by Crippen LogP contribution is -2.37. The second kappa shape index (κ2) is 8.22. The molecule has 1 aromatic carbocycles. The minimum Gasteiger partial charge on any atom is -0.381 e. The number of rotatable bonds is 5. The van der Waals surface area contributed by atoms with Crippen LogP contribution in [0.2, 0.25) is 5.02 Å². The molecule has 1 amide bonds. The van der Waals surface area contributed by atoms with Crippen LogP contribution in [0, 0.1) is 5.41 Å². The fourth-order valence-electron chi connectivity index (χ4n) is 2.19. The minimum absolute atomic E-state index is 0.0503. The number of benzene rings is 1. The van der Waals surface area contributed by atoms with E-state index in [1.807, 2.05) is 0 Å². The molecule has 2 N–H and O–H groups in total. The summed E-state index contributed by atoms with van der Waals surface area (Å²) >= 11 is 6.05. The molecule has 0 aliphatic rings. The minimum atomic E-state index is -4.54. The van der Waals surface area contributed by atoms with E-state index in [4.69, 9.17) is 11.6 Å². The Hall–Kier alpha value is -2.55. The Morgan fingerprint density at radius 3 is 2.50 bits per heavy atom. The maximum absolute atomic E-state index is 12.9. The smallest absolute Gasteiger partial charge is 0.381 e. The van der Waals surface area contributed by atoms with Gasteiger partial charge in [-0.1, -0.05) is 38.4 Å². The summed E-state index contributed by atoms with van der Waals surface area (Å²) in [4.78, 5) is 24.2. The van der Waals surface area contributed by atoms with E-state index in [1.165, 1.54) is 18.3 Å². The topological polar surface area (TPSA) is 76.0 Å².